The van der Waals surface area contributed by atoms with Crippen molar-refractivity contribution >= 4 is 28.5 Å². The van der Waals surface area contributed by atoms with Crippen LogP contribution in [0.1, 0.15) is 24.4 Å². The number of methoxy groups -OCH3 is 1. The summed E-state index contributed by atoms with van der Waals surface area (Å²) >= 11 is 6.23. The van der Waals surface area contributed by atoms with E-state index in [0.29, 0.717) is 22.5 Å². The molecule has 0 radical (unpaired) electrons. The smallest absolute Gasteiger partial charge is 0.171 e. The number of ether oxygens (including phenoxy) is 1. The van der Waals surface area contributed by atoms with Crippen LogP contribution in [0.4, 0.5) is 5.82 Å². The van der Waals surface area contributed by atoms with Gasteiger partial charge in [0, 0.05) is 12.6 Å². The summed E-state index contributed by atoms with van der Waals surface area (Å²) in [5, 5.41) is 0.330. The average Bonchev–Trinajstić information content (AvgIpc) is 3.11. The van der Waals surface area contributed by atoms with Crippen molar-refractivity contribution < 1.29 is 4.74 Å². The van der Waals surface area contributed by atoms with E-state index in [4.69, 9.17) is 16.3 Å². The van der Waals surface area contributed by atoms with Gasteiger partial charge in [-0.3, -0.25) is 0 Å². The van der Waals surface area contributed by atoms with Crippen LogP contribution in [0.3, 0.4) is 0 Å². The molecule has 0 aliphatic carbocycles. The second-order valence-electron chi connectivity index (χ2n) is 5.81. The molecule has 1 aliphatic heterocycles. The van der Waals surface area contributed by atoms with E-state index < -0.39 is 0 Å². The second-order valence-corrected chi connectivity index (χ2v) is 6.17. The minimum atomic E-state index is 0.298. The Morgan fingerprint density at radius 2 is 2.04 bits per heavy atom. The Labute approximate surface area is 145 Å². The highest BCUT2D eigenvalue weighted by atomic mass is 35.5. The third kappa shape index (κ3) is 2.55. The van der Waals surface area contributed by atoms with E-state index >= 15 is 0 Å². The van der Waals surface area contributed by atoms with Gasteiger partial charge in [-0.15, -0.1) is 0 Å². The third-order valence-corrected chi connectivity index (χ3v) is 4.71. The van der Waals surface area contributed by atoms with Crippen LogP contribution < -0.4 is 9.64 Å². The first-order valence-corrected chi connectivity index (χ1v) is 8.32. The Bertz CT molecular complexity index is 872. The van der Waals surface area contributed by atoms with E-state index in [1.165, 1.54) is 5.56 Å². The fourth-order valence-corrected chi connectivity index (χ4v) is 3.54. The number of hydrogen-bond donors (Lipinski definition) is 0. The van der Waals surface area contributed by atoms with E-state index in [1.54, 1.807) is 13.4 Å². The maximum Gasteiger partial charge on any atom is 0.171 e. The molecule has 5 nitrogen and oxygen atoms in total. The quantitative estimate of drug-likeness (QED) is 0.674. The standard InChI is InChI=1S/C18H17ClN4O/c1-24-15-10-13-16(22-17(15)19)18(21-11-20-13)23-9-5-8-14(23)12-6-3-2-4-7-12/h2-4,6-7,10-11,14H,5,8-9H2,1H3. The van der Waals surface area contributed by atoms with Gasteiger partial charge < -0.3 is 9.64 Å². The molecule has 0 saturated carbocycles. The highest BCUT2D eigenvalue weighted by molar-refractivity contribution is 6.31. The molecule has 6 heteroatoms. The molecule has 122 valence electrons. The van der Waals surface area contributed by atoms with Crippen molar-refractivity contribution in [1.82, 2.24) is 15.0 Å². The first kappa shape index (κ1) is 15.1. The third-order valence-electron chi connectivity index (χ3n) is 4.44. The highest BCUT2D eigenvalue weighted by Gasteiger charge is 2.29. The molecule has 2 aromatic heterocycles. The molecule has 24 heavy (non-hydrogen) atoms. The zero-order valence-corrected chi connectivity index (χ0v) is 14.1. The summed E-state index contributed by atoms with van der Waals surface area (Å²) in [7, 11) is 1.57. The van der Waals surface area contributed by atoms with Crippen LogP contribution >= 0.6 is 11.6 Å². The predicted octanol–water partition coefficient (Wildman–Crippen LogP) is 4.03. The normalized spacial score (nSPS) is 17.4. The van der Waals surface area contributed by atoms with Crippen LogP contribution in [0.25, 0.3) is 11.0 Å². The molecule has 1 aliphatic rings. The van der Waals surface area contributed by atoms with Crippen LogP contribution in [-0.2, 0) is 0 Å². The van der Waals surface area contributed by atoms with Gasteiger partial charge in [-0.1, -0.05) is 41.9 Å². The topological polar surface area (TPSA) is 51.1 Å². The summed E-state index contributed by atoms with van der Waals surface area (Å²) < 4.78 is 5.24. The molecule has 1 fully saturated rings. The molecule has 1 atom stereocenters. The number of halogens is 1. The van der Waals surface area contributed by atoms with Gasteiger partial charge in [0.05, 0.1) is 18.7 Å². The predicted molar refractivity (Wildman–Crippen MR) is 94.7 cm³/mol. The number of benzene rings is 1. The molecule has 1 saturated heterocycles. The maximum absolute atomic E-state index is 6.23. The Morgan fingerprint density at radius 1 is 1.21 bits per heavy atom. The van der Waals surface area contributed by atoms with Gasteiger partial charge in [0.15, 0.2) is 16.7 Å². The summed E-state index contributed by atoms with van der Waals surface area (Å²) in [6.45, 7) is 0.941. The number of fused-ring (bicyclic) bond motifs is 1. The van der Waals surface area contributed by atoms with Gasteiger partial charge in [0.1, 0.15) is 11.8 Å². The molecule has 3 aromatic rings. The van der Waals surface area contributed by atoms with E-state index in [9.17, 15) is 0 Å². The molecule has 0 spiro atoms. The van der Waals surface area contributed by atoms with Crippen LogP contribution in [0.15, 0.2) is 42.7 Å². The lowest BCUT2D eigenvalue weighted by Gasteiger charge is -2.26. The minimum Gasteiger partial charge on any atom is -0.493 e. The van der Waals surface area contributed by atoms with Crippen LogP contribution in [0.5, 0.6) is 5.75 Å². The van der Waals surface area contributed by atoms with Crippen LogP contribution in [0.2, 0.25) is 5.15 Å². The van der Waals surface area contributed by atoms with Crippen molar-refractivity contribution in [2.75, 3.05) is 18.6 Å². The Kier molecular flexibility index (Phi) is 3.94. The van der Waals surface area contributed by atoms with Crippen LogP contribution in [0, 0.1) is 0 Å². The Morgan fingerprint density at radius 3 is 2.83 bits per heavy atom. The molecule has 0 amide bonds. The van der Waals surface area contributed by atoms with Crippen molar-refractivity contribution in [3.8, 4) is 5.75 Å². The summed E-state index contributed by atoms with van der Waals surface area (Å²) in [4.78, 5) is 15.6. The van der Waals surface area contributed by atoms with E-state index in [1.807, 2.05) is 12.1 Å². The van der Waals surface area contributed by atoms with Gasteiger partial charge in [-0.05, 0) is 18.4 Å². The molecule has 1 unspecified atom stereocenters. The van der Waals surface area contributed by atoms with Gasteiger partial charge in [0.25, 0.3) is 0 Å². The Hall–Kier alpha value is -2.40. The summed E-state index contributed by atoms with van der Waals surface area (Å²) in [6, 6.07) is 12.6. The van der Waals surface area contributed by atoms with Crippen LogP contribution in [-0.4, -0.2) is 28.6 Å². The highest BCUT2D eigenvalue weighted by Crippen LogP contribution is 2.38. The molecule has 1 aromatic carbocycles. The second kappa shape index (κ2) is 6.24. The molecule has 0 bridgehead atoms. The number of hydrogen-bond acceptors (Lipinski definition) is 5. The monoisotopic (exact) mass is 340 g/mol. The SMILES string of the molecule is COc1cc2ncnc(N3CCCC3c3ccccc3)c2nc1Cl. The fourth-order valence-electron chi connectivity index (χ4n) is 3.33. The van der Waals surface area contributed by atoms with Gasteiger partial charge >= 0.3 is 0 Å². The first-order valence-electron chi connectivity index (χ1n) is 7.95. The maximum atomic E-state index is 6.23. The van der Waals surface area contributed by atoms with E-state index in [2.05, 4.69) is 44.1 Å². The first-order chi connectivity index (χ1) is 11.8. The summed E-state index contributed by atoms with van der Waals surface area (Å²) in [5.74, 6) is 1.35. The zero-order valence-electron chi connectivity index (χ0n) is 13.3. The number of rotatable bonds is 3. The van der Waals surface area contributed by atoms with Gasteiger partial charge in [0.2, 0.25) is 0 Å². The van der Waals surface area contributed by atoms with Crippen molar-refractivity contribution in [2.24, 2.45) is 0 Å². The lowest BCUT2D eigenvalue weighted by molar-refractivity contribution is 0.414. The zero-order chi connectivity index (χ0) is 16.5. The van der Waals surface area contributed by atoms with Crippen molar-refractivity contribution in [1.29, 1.82) is 0 Å². The van der Waals surface area contributed by atoms with E-state index in [-0.39, 0.29) is 0 Å². The molecule has 0 N–H and O–H groups in total. The number of anilines is 1. The lowest BCUT2D eigenvalue weighted by Crippen LogP contribution is -2.24. The molecule has 3 heterocycles. The van der Waals surface area contributed by atoms with E-state index in [0.717, 1.165) is 30.7 Å². The summed E-state index contributed by atoms with van der Waals surface area (Å²) in [5.41, 5.74) is 2.74. The summed E-state index contributed by atoms with van der Waals surface area (Å²) in [6.07, 6.45) is 3.79. The molecule has 4 rings (SSSR count). The van der Waals surface area contributed by atoms with Gasteiger partial charge in [-0.2, -0.15) is 0 Å². The average molecular weight is 341 g/mol. The number of nitrogens with zero attached hydrogens (tertiary/aromatic N) is 4. The molecular formula is C18H17ClN4O. The van der Waals surface area contributed by atoms with Crippen molar-refractivity contribution in [3.63, 3.8) is 0 Å². The number of pyridine rings is 1. The van der Waals surface area contributed by atoms with Crippen molar-refractivity contribution in [3.05, 3.63) is 53.4 Å². The minimum absolute atomic E-state index is 0.298. The fraction of sp³-hybridized carbons (Fsp3) is 0.278. The lowest BCUT2D eigenvalue weighted by atomic mass is 10.0. The molecular weight excluding hydrogens is 324 g/mol. The largest absolute Gasteiger partial charge is 0.493 e. The van der Waals surface area contributed by atoms with Crippen molar-refractivity contribution in [2.45, 2.75) is 18.9 Å². The number of aromatic nitrogens is 3. The Balaban J connectivity index is 1.82. The van der Waals surface area contributed by atoms with Gasteiger partial charge in [-0.25, -0.2) is 15.0 Å².